The number of nitrogens with zero attached hydrogens (tertiary/aromatic N) is 1. The summed E-state index contributed by atoms with van der Waals surface area (Å²) in [6.45, 7) is 6.71. The molecule has 0 aliphatic heterocycles. The van der Waals surface area contributed by atoms with Crippen LogP contribution in [0.2, 0.25) is 0 Å². The van der Waals surface area contributed by atoms with Crippen LogP contribution in [0.4, 0.5) is 0 Å². The number of aliphatic carboxylic acids is 1. The Kier molecular flexibility index (Phi) is 6.01. The zero-order valence-corrected chi connectivity index (χ0v) is 13.2. The van der Waals surface area contributed by atoms with Crippen LogP contribution in [0.15, 0.2) is 17.5 Å². The van der Waals surface area contributed by atoms with Crippen LogP contribution in [0.5, 0.6) is 0 Å². The topological polar surface area (TPSA) is 40.5 Å². The van der Waals surface area contributed by atoms with Crippen LogP contribution in [0.3, 0.4) is 0 Å². The SMILES string of the molecule is CCC(CC)(CN(C)C(C)Cc1cccs1)C(=O)O. The van der Waals surface area contributed by atoms with Gasteiger partial charge in [-0.05, 0) is 44.7 Å². The molecule has 0 fully saturated rings. The van der Waals surface area contributed by atoms with Crippen molar-refractivity contribution in [1.29, 1.82) is 0 Å². The van der Waals surface area contributed by atoms with Crippen molar-refractivity contribution in [2.45, 2.75) is 46.1 Å². The molecule has 1 heterocycles. The number of hydrogen-bond acceptors (Lipinski definition) is 3. The summed E-state index contributed by atoms with van der Waals surface area (Å²) >= 11 is 1.76. The van der Waals surface area contributed by atoms with Crippen LogP contribution >= 0.6 is 11.3 Å². The molecule has 0 aliphatic rings. The van der Waals surface area contributed by atoms with Gasteiger partial charge >= 0.3 is 5.97 Å². The molecule has 19 heavy (non-hydrogen) atoms. The summed E-state index contributed by atoms with van der Waals surface area (Å²) in [5, 5.41) is 11.6. The second-order valence-electron chi connectivity index (χ2n) is 5.34. The second kappa shape index (κ2) is 7.06. The highest BCUT2D eigenvalue weighted by Gasteiger charge is 2.36. The van der Waals surface area contributed by atoms with Crippen molar-refractivity contribution in [1.82, 2.24) is 4.90 Å². The van der Waals surface area contributed by atoms with Crippen LogP contribution in [-0.2, 0) is 11.2 Å². The summed E-state index contributed by atoms with van der Waals surface area (Å²) in [4.78, 5) is 15.1. The monoisotopic (exact) mass is 283 g/mol. The van der Waals surface area contributed by atoms with E-state index in [1.54, 1.807) is 11.3 Å². The minimum Gasteiger partial charge on any atom is -0.481 e. The fourth-order valence-electron chi connectivity index (χ4n) is 2.35. The molecule has 1 rings (SSSR count). The quantitative estimate of drug-likeness (QED) is 0.794. The lowest BCUT2D eigenvalue weighted by atomic mass is 9.81. The van der Waals surface area contributed by atoms with E-state index < -0.39 is 11.4 Å². The normalized spacial score (nSPS) is 13.7. The van der Waals surface area contributed by atoms with Gasteiger partial charge in [-0.1, -0.05) is 19.9 Å². The second-order valence-corrected chi connectivity index (χ2v) is 6.37. The Balaban J connectivity index is 2.66. The largest absolute Gasteiger partial charge is 0.481 e. The summed E-state index contributed by atoms with van der Waals surface area (Å²) in [6.07, 6.45) is 2.33. The van der Waals surface area contributed by atoms with Crippen molar-refractivity contribution in [3.05, 3.63) is 22.4 Å². The molecular weight excluding hydrogens is 258 g/mol. The summed E-state index contributed by atoms with van der Waals surface area (Å²) in [5.41, 5.74) is -0.613. The molecule has 0 spiro atoms. The van der Waals surface area contributed by atoms with Crippen molar-refractivity contribution in [2.24, 2.45) is 5.41 Å². The van der Waals surface area contributed by atoms with Crippen LogP contribution in [0.25, 0.3) is 0 Å². The molecule has 108 valence electrons. The Hall–Kier alpha value is -0.870. The molecule has 1 atom stereocenters. The van der Waals surface area contributed by atoms with Gasteiger partial charge in [0, 0.05) is 17.5 Å². The lowest BCUT2D eigenvalue weighted by Crippen LogP contribution is -2.44. The van der Waals surface area contributed by atoms with E-state index in [0.717, 1.165) is 6.42 Å². The van der Waals surface area contributed by atoms with Crippen molar-refractivity contribution >= 4 is 17.3 Å². The Morgan fingerprint density at radius 2 is 2.11 bits per heavy atom. The third-order valence-corrected chi connectivity index (χ3v) is 5.09. The first-order valence-electron chi connectivity index (χ1n) is 6.91. The minimum atomic E-state index is -0.673. The molecule has 0 aliphatic carbocycles. The highest BCUT2D eigenvalue weighted by Crippen LogP contribution is 2.28. The van der Waals surface area contributed by atoms with Crippen LogP contribution in [0, 0.1) is 5.41 Å². The Labute approximate surface area is 120 Å². The van der Waals surface area contributed by atoms with Gasteiger partial charge in [-0.15, -0.1) is 11.3 Å². The van der Waals surface area contributed by atoms with Crippen LogP contribution in [0.1, 0.15) is 38.5 Å². The molecule has 1 aromatic rings. The predicted octanol–water partition coefficient (Wildman–Crippen LogP) is 3.50. The van der Waals surface area contributed by atoms with E-state index in [1.807, 2.05) is 20.9 Å². The van der Waals surface area contributed by atoms with Gasteiger partial charge in [-0.3, -0.25) is 4.79 Å². The van der Waals surface area contributed by atoms with E-state index in [2.05, 4.69) is 29.3 Å². The Bertz CT molecular complexity index is 385. The molecule has 0 saturated heterocycles. The Morgan fingerprint density at radius 1 is 1.47 bits per heavy atom. The van der Waals surface area contributed by atoms with E-state index in [9.17, 15) is 9.90 Å². The summed E-state index contributed by atoms with van der Waals surface area (Å²) in [7, 11) is 2.03. The molecule has 0 amide bonds. The zero-order valence-electron chi connectivity index (χ0n) is 12.3. The predicted molar refractivity (Wildman–Crippen MR) is 80.8 cm³/mol. The first kappa shape index (κ1) is 16.2. The van der Waals surface area contributed by atoms with E-state index >= 15 is 0 Å². The lowest BCUT2D eigenvalue weighted by Gasteiger charge is -2.34. The minimum absolute atomic E-state index is 0.357. The molecule has 3 nitrogen and oxygen atoms in total. The van der Waals surface area contributed by atoms with Crippen molar-refractivity contribution in [3.8, 4) is 0 Å². The first-order valence-corrected chi connectivity index (χ1v) is 7.79. The maximum absolute atomic E-state index is 11.5. The average molecular weight is 283 g/mol. The molecule has 1 N–H and O–H groups in total. The molecular formula is C15H25NO2S. The molecule has 1 unspecified atom stereocenters. The van der Waals surface area contributed by atoms with Gasteiger partial charge in [-0.2, -0.15) is 0 Å². The third kappa shape index (κ3) is 4.05. The molecule has 0 bridgehead atoms. The van der Waals surface area contributed by atoms with Gasteiger partial charge in [0.2, 0.25) is 0 Å². The van der Waals surface area contributed by atoms with Gasteiger partial charge in [0.1, 0.15) is 0 Å². The Morgan fingerprint density at radius 3 is 2.53 bits per heavy atom. The molecule has 1 aromatic heterocycles. The smallest absolute Gasteiger partial charge is 0.310 e. The molecule has 4 heteroatoms. The standard InChI is InChI=1S/C15H25NO2S/c1-5-15(6-2,14(17)18)11-16(4)12(3)10-13-8-7-9-19-13/h7-9,12H,5-6,10-11H2,1-4H3,(H,17,18). The van der Waals surface area contributed by atoms with Crippen LogP contribution in [-0.4, -0.2) is 35.6 Å². The summed E-state index contributed by atoms with van der Waals surface area (Å²) < 4.78 is 0. The molecule has 0 radical (unpaired) electrons. The van der Waals surface area contributed by atoms with Gasteiger partial charge in [0.25, 0.3) is 0 Å². The zero-order chi connectivity index (χ0) is 14.5. The lowest BCUT2D eigenvalue weighted by molar-refractivity contribution is -0.150. The number of hydrogen-bond donors (Lipinski definition) is 1. The maximum atomic E-state index is 11.5. The highest BCUT2D eigenvalue weighted by atomic mass is 32.1. The van der Waals surface area contributed by atoms with Crippen molar-refractivity contribution in [3.63, 3.8) is 0 Å². The fourth-order valence-corrected chi connectivity index (χ4v) is 3.18. The van der Waals surface area contributed by atoms with E-state index in [0.29, 0.717) is 25.4 Å². The number of carboxylic acid groups (broad SMARTS) is 1. The molecule has 0 aromatic carbocycles. The number of carboxylic acids is 1. The van der Waals surface area contributed by atoms with Gasteiger partial charge in [-0.25, -0.2) is 0 Å². The number of rotatable bonds is 8. The number of likely N-dealkylation sites (N-methyl/N-ethyl adjacent to an activating group) is 1. The van der Waals surface area contributed by atoms with E-state index in [-0.39, 0.29) is 0 Å². The average Bonchev–Trinajstić information content (AvgIpc) is 2.88. The van der Waals surface area contributed by atoms with Gasteiger partial charge in [0.15, 0.2) is 0 Å². The number of carbonyl (C=O) groups is 1. The van der Waals surface area contributed by atoms with Gasteiger partial charge in [0.05, 0.1) is 5.41 Å². The van der Waals surface area contributed by atoms with Crippen molar-refractivity contribution in [2.75, 3.05) is 13.6 Å². The van der Waals surface area contributed by atoms with E-state index in [4.69, 9.17) is 0 Å². The van der Waals surface area contributed by atoms with E-state index in [1.165, 1.54) is 4.88 Å². The number of thiophene rings is 1. The molecule has 0 saturated carbocycles. The highest BCUT2D eigenvalue weighted by molar-refractivity contribution is 7.09. The summed E-state index contributed by atoms with van der Waals surface area (Å²) in [5.74, 6) is -0.673. The first-order chi connectivity index (χ1) is 8.95. The van der Waals surface area contributed by atoms with Crippen molar-refractivity contribution < 1.29 is 9.90 Å². The fraction of sp³-hybridized carbons (Fsp3) is 0.667. The van der Waals surface area contributed by atoms with Crippen LogP contribution < -0.4 is 0 Å². The van der Waals surface area contributed by atoms with Gasteiger partial charge < -0.3 is 10.0 Å². The summed E-state index contributed by atoms with van der Waals surface area (Å²) in [6, 6.07) is 4.56. The third-order valence-electron chi connectivity index (χ3n) is 4.19. The maximum Gasteiger partial charge on any atom is 0.310 e.